The molecule has 0 aliphatic carbocycles. The number of rotatable bonds is 1. The lowest BCUT2D eigenvalue weighted by molar-refractivity contribution is 0.0499. The van der Waals surface area contributed by atoms with Crippen LogP contribution in [-0.2, 0) is 0 Å². The van der Waals surface area contributed by atoms with Gasteiger partial charge < -0.3 is 10.1 Å². The van der Waals surface area contributed by atoms with E-state index < -0.39 is 5.72 Å². The van der Waals surface area contributed by atoms with E-state index in [1.165, 1.54) is 0 Å². The highest BCUT2D eigenvalue weighted by molar-refractivity contribution is 7.80. The zero-order valence-corrected chi connectivity index (χ0v) is 13.6. The largest absolute Gasteiger partial charge is 0.466 e. The van der Waals surface area contributed by atoms with E-state index in [0.717, 1.165) is 23.4 Å². The van der Waals surface area contributed by atoms with Crippen LogP contribution in [0.2, 0.25) is 5.02 Å². The lowest BCUT2D eigenvalue weighted by Gasteiger charge is -2.52. The van der Waals surface area contributed by atoms with Gasteiger partial charge in [0.15, 0.2) is 10.8 Å². The molecule has 22 heavy (non-hydrogen) atoms. The number of benzene rings is 2. The Morgan fingerprint density at radius 1 is 1.23 bits per heavy atom. The second-order valence-corrected chi connectivity index (χ2v) is 6.61. The van der Waals surface area contributed by atoms with E-state index >= 15 is 0 Å². The summed E-state index contributed by atoms with van der Waals surface area (Å²) in [5, 5.41) is 4.74. The predicted molar refractivity (Wildman–Crippen MR) is 92.5 cm³/mol. The van der Waals surface area contributed by atoms with Crippen LogP contribution in [0.5, 0.6) is 5.75 Å². The molecule has 1 N–H and O–H groups in total. The van der Waals surface area contributed by atoms with Gasteiger partial charge in [-0.1, -0.05) is 41.9 Å². The van der Waals surface area contributed by atoms with Crippen LogP contribution < -0.4 is 15.0 Å². The molecule has 2 aliphatic heterocycles. The Hall–Kier alpha value is -1.78. The number of fused-ring (bicyclic) bond motifs is 4. The summed E-state index contributed by atoms with van der Waals surface area (Å²) >= 11 is 11.9. The zero-order chi connectivity index (χ0) is 15.3. The van der Waals surface area contributed by atoms with Gasteiger partial charge in [0, 0.05) is 17.7 Å². The molecular formula is C17H15ClN2OS. The van der Waals surface area contributed by atoms with Gasteiger partial charge >= 0.3 is 0 Å². The van der Waals surface area contributed by atoms with Crippen LogP contribution in [0.1, 0.15) is 24.9 Å². The normalized spacial score (nSPS) is 26.0. The predicted octanol–water partition coefficient (Wildman–Crippen LogP) is 4.27. The first-order valence-corrected chi connectivity index (χ1v) is 8.00. The molecule has 112 valence electrons. The van der Waals surface area contributed by atoms with Gasteiger partial charge in [0.05, 0.1) is 11.1 Å². The fourth-order valence-electron chi connectivity index (χ4n) is 3.32. The maximum atomic E-state index is 6.34. The van der Waals surface area contributed by atoms with Crippen molar-refractivity contribution in [3.05, 3.63) is 59.1 Å². The van der Waals surface area contributed by atoms with Gasteiger partial charge in [-0.3, -0.25) is 4.90 Å². The Bertz CT molecular complexity index is 752. The van der Waals surface area contributed by atoms with Crippen LogP contribution in [-0.4, -0.2) is 10.8 Å². The van der Waals surface area contributed by atoms with Gasteiger partial charge in [0.1, 0.15) is 5.75 Å². The third kappa shape index (κ3) is 1.98. The smallest absolute Gasteiger partial charge is 0.188 e. The molecule has 0 unspecified atom stereocenters. The number of nitrogens with one attached hydrogen (secondary N) is 1. The number of anilines is 1. The van der Waals surface area contributed by atoms with E-state index in [2.05, 4.69) is 12.2 Å². The SMILES string of the molecule is C[C@@]12C[C@@H](NC(=S)N1c1ccccc1)c1cccc(Cl)c1O2. The second-order valence-electron chi connectivity index (χ2n) is 5.81. The lowest BCUT2D eigenvalue weighted by Crippen LogP contribution is -2.65. The van der Waals surface area contributed by atoms with E-state index in [-0.39, 0.29) is 6.04 Å². The molecule has 1 fully saturated rings. The third-order valence-electron chi connectivity index (χ3n) is 4.27. The quantitative estimate of drug-likeness (QED) is 0.789. The van der Waals surface area contributed by atoms with Gasteiger partial charge in [-0.25, -0.2) is 0 Å². The Labute approximate surface area is 139 Å². The van der Waals surface area contributed by atoms with Crippen molar-refractivity contribution in [3.8, 4) is 5.75 Å². The van der Waals surface area contributed by atoms with E-state index in [1.54, 1.807) is 0 Å². The molecule has 2 heterocycles. The monoisotopic (exact) mass is 330 g/mol. The standard InChI is InChI=1S/C17H15ClN2OS/c1-17-10-14(12-8-5-9-13(18)15(12)21-17)19-16(22)20(17)11-6-3-2-4-7-11/h2-9,14H,10H2,1H3,(H,19,22)/t14-,17-/m1/s1. The molecule has 0 aromatic heterocycles. The second kappa shape index (κ2) is 4.86. The minimum atomic E-state index is -0.549. The number of nitrogens with zero attached hydrogens (tertiary/aromatic N) is 1. The number of halogens is 1. The van der Waals surface area contributed by atoms with Crippen molar-refractivity contribution in [2.75, 3.05) is 4.90 Å². The number of ether oxygens (including phenoxy) is 1. The minimum absolute atomic E-state index is 0.125. The highest BCUT2D eigenvalue weighted by atomic mass is 35.5. The lowest BCUT2D eigenvalue weighted by atomic mass is 9.90. The summed E-state index contributed by atoms with van der Waals surface area (Å²) in [7, 11) is 0. The van der Waals surface area contributed by atoms with Gasteiger partial charge in [0.2, 0.25) is 0 Å². The van der Waals surface area contributed by atoms with Gasteiger partial charge in [-0.15, -0.1) is 0 Å². The summed E-state index contributed by atoms with van der Waals surface area (Å²) in [5.74, 6) is 0.749. The van der Waals surface area contributed by atoms with Crippen molar-refractivity contribution in [1.29, 1.82) is 0 Å². The summed E-state index contributed by atoms with van der Waals surface area (Å²) in [6.07, 6.45) is 0.801. The molecular weight excluding hydrogens is 316 g/mol. The topological polar surface area (TPSA) is 24.5 Å². The average Bonchev–Trinajstić information content (AvgIpc) is 2.49. The first kappa shape index (κ1) is 13.9. The van der Waals surface area contributed by atoms with Gasteiger partial charge in [-0.2, -0.15) is 0 Å². The third-order valence-corrected chi connectivity index (χ3v) is 4.86. The molecule has 2 atom stereocenters. The summed E-state index contributed by atoms with van der Waals surface area (Å²) in [5.41, 5.74) is 1.53. The van der Waals surface area contributed by atoms with Crippen LogP contribution in [0.3, 0.4) is 0 Å². The number of thiocarbonyl (C=S) groups is 1. The fraction of sp³-hybridized carbons (Fsp3) is 0.235. The molecule has 2 aromatic carbocycles. The maximum absolute atomic E-state index is 6.34. The average molecular weight is 331 g/mol. The highest BCUT2D eigenvalue weighted by Crippen LogP contribution is 2.47. The summed E-state index contributed by atoms with van der Waals surface area (Å²) in [6, 6.07) is 16.0. The van der Waals surface area contributed by atoms with E-state index in [1.807, 2.05) is 53.4 Å². The van der Waals surface area contributed by atoms with Crippen LogP contribution in [0, 0.1) is 0 Å². The van der Waals surface area contributed by atoms with Crippen molar-refractivity contribution >= 4 is 34.6 Å². The van der Waals surface area contributed by atoms with Crippen molar-refractivity contribution in [2.45, 2.75) is 25.1 Å². The molecule has 5 heteroatoms. The molecule has 4 rings (SSSR count). The molecule has 2 aliphatic rings. The molecule has 3 nitrogen and oxygen atoms in total. The highest BCUT2D eigenvalue weighted by Gasteiger charge is 2.48. The minimum Gasteiger partial charge on any atom is -0.466 e. The zero-order valence-electron chi connectivity index (χ0n) is 12.0. The van der Waals surface area contributed by atoms with Crippen LogP contribution in [0.25, 0.3) is 0 Å². The van der Waals surface area contributed by atoms with E-state index in [0.29, 0.717) is 10.1 Å². The molecule has 0 saturated carbocycles. The Balaban J connectivity index is 1.84. The molecule has 0 spiro atoms. The maximum Gasteiger partial charge on any atom is 0.188 e. The summed E-state index contributed by atoms with van der Waals surface area (Å²) in [4.78, 5) is 2.03. The van der Waals surface area contributed by atoms with Crippen LogP contribution in [0.4, 0.5) is 5.69 Å². The van der Waals surface area contributed by atoms with Crippen molar-refractivity contribution in [2.24, 2.45) is 0 Å². The Morgan fingerprint density at radius 2 is 2.00 bits per heavy atom. The van der Waals surface area contributed by atoms with E-state index in [4.69, 9.17) is 28.6 Å². The van der Waals surface area contributed by atoms with Gasteiger partial charge in [0.25, 0.3) is 0 Å². The molecule has 2 aromatic rings. The van der Waals surface area contributed by atoms with Crippen LogP contribution >= 0.6 is 23.8 Å². The Kier molecular flexibility index (Phi) is 3.06. The molecule has 2 bridgehead atoms. The molecule has 0 amide bonds. The number of para-hydroxylation sites is 2. The van der Waals surface area contributed by atoms with Crippen molar-refractivity contribution in [3.63, 3.8) is 0 Å². The van der Waals surface area contributed by atoms with Gasteiger partial charge in [-0.05, 0) is 37.3 Å². The molecule has 0 radical (unpaired) electrons. The Morgan fingerprint density at radius 3 is 2.77 bits per heavy atom. The van der Waals surface area contributed by atoms with Crippen LogP contribution in [0.15, 0.2) is 48.5 Å². The fourth-order valence-corrected chi connectivity index (χ4v) is 3.98. The van der Waals surface area contributed by atoms with Crippen molar-refractivity contribution in [1.82, 2.24) is 5.32 Å². The number of hydrogen-bond acceptors (Lipinski definition) is 2. The first-order chi connectivity index (χ1) is 10.6. The molecule has 1 saturated heterocycles. The van der Waals surface area contributed by atoms with Crippen molar-refractivity contribution < 1.29 is 4.74 Å². The first-order valence-electron chi connectivity index (χ1n) is 7.22. The number of hydrogen-bond donors (Lipinski definition) is 1. The van der Waals surface area contributed by atoms with E-state index in [9.17, 15) is 0 Å². The summed E-state index contributed by atoms with van der Waals surface area (Å²) in [6.45, 7) is 2.06. The summed E-state index contributed by atoms with van der Waals surface area (Å²) < 4.78 is 6.32.